The lowest BCUT2D eigenvalue weighted by Gasteiger charge is -2.29. The van der Waals surface area contributed by atoms with E-state index in [2.05, 4.69) is 10.1 Å². The van der Waals surface area contributed by atoms with Crippen molar-refractivity contribution in [3.05, 3.63) is 18.2 Å². The first-order valence-electron chi connectivity index (χ1n) is 5.23. The molecule has 0 aliphatic rings. The Balaban J connectivity index is 3.25. The van der Waals surface area contributed by atoms with Crippen molar-refractivity contribution in [3.63, 3.8) is 0 Å². The molecule has 0 spiro atoms. The van der Waals surface area contributed by atoms with E-state index in [1.54, 1.807) is 0 Å². The molecule has 1 atom stereocenters. The quantitative estimate of drug-likeness (QED) is 0.495. The van der Waals surface area contributed by atoms with E-state index in [1.807, 2.05) is 0 Å². The highest BCUT2D eigenvalue weighted by Gasteiger charge is 2.57. The molecule has 1 aromatic rings. The van der Waals surface area contributed by atoms with Gasteiger partial charge in [0.25, 0.3) is 0 Å². The fraction of sp³-hybridized carbons (Fsp3) is 0.600. The first kappa shape index (κ1) is 14.5. The summed E-state index contributed by atoms with van der Waals surface area (Å²) in [4.78, 5) is 3.53. The largest absolute Gasteiger partial charge is 0.424 e. The van der Waals surface area contributed by atoms with Crippen LogP contribution in [0.2, 0.25) is 0 Å². The Kier molecular flexibility index (Phi) is 4.00. The molecule has 0 bridgehead atoms. The van der Waals surface area contributed by atoms with Gasteiger partial charge in [0, 0.05) is 25.9 Å². The average molecular weight is 265 g/mol. The van der Waals surface area contributed by atoms with Gasteiger partial charge in [0.05, 0.1) is 5.71 Å². The molecule has 0 fully saturated rings. The molecule has 1 heterocycles. The summed E-state index contributed by atoms with van der Waals surface area (Å²) in [7, 11) is 1.35. The van der Waals surface area contributed by atoms with E-state index in [0.717, 1.165) is 10.8 Å². The third kappa shape index (κ3) is 2.47. The maximum absolute atomic E-state index is 13.0. The number of hydrogen-bond donors (Lipinski definition) is 2. The molecule has 1 aromatic heterocycles. The minimum atomic E-state index is -4.92. The van der Waals surface area contributed by atoms with Crippen LogP contribution in [0.1, 0.15) is 25.6 Å². The molecule has 102 valence electrons. The summed E-state index contributed by atoms with van der Waals surface area (Å²) in [5.74, 6) is -0.537. The van der Waals surface area contributed by atoms with Crippen LogP contribution in [0.25, 0.3) is 0 Å². The second-order valence-electron chi connectivity index (χ2n) is 3.92. The molecule has 1 unspecified atom stereocenters. The third-order valence-electron chi connectivity index (χ3n) is 2.67. The van der Waals surface area contributed by atoms with Crippen molar-refractivity contribution in [1.29, 1.82) is 0 Å². The zero-order valence-electron chi connectivity index (χ0n) is 9.94. The number of hydrogen-bond acceptors (Lipinski definition) is 4. The summed E-state index contributed by atoms with van der Waals surface area (Å²) in [5, 5.41) is 21.3. The van der Waals surface area contributed by atoms with Gasteiger partial charge in [0.15, 0.2) is 0 Å². The second-order valence-corrected chi connectivity index (χ2v) is 3.92. The standard InChI is InChI=1S/C10H14F3N3O2/c1-3-7(15-18)6-9(17,10(11,12)13)8-14-4-5-16(8)2/h4-5,17-18H,3,6H2,1-2H3/b15-7+. The number of oxime groups is 1. The Bertz CT molecular complexity index is 442. The van der Waals surface area contributed by atoms with Crippen molar-refractivity contribution in [2.24, 2.45) is 12.2 Å². The Morgan fingerprint density at radius 2 is 2.11 bits per heavy atom. The number of imidazole rings is 1. The Morgan fingerprint density at radius 1 is 1.50 bits per heavy atom. The lowest BCUT2D eigenvalue weighted by molar-refractivity contribution is -0.267. The summed E-state index contributed by atoms with van der Waals surface area (Å²) in [6, 6.07) is 0. The first-order valence-corrected chi connectivity index (χ1v) is 5.23. The van der Waals surface area contributed by atoms with Gasteiger partial charge in [0.2, 0.25) is 5.60 Å². The Hall–Kier alpha value is -1.57. The normalized spacial score (nSPS) is 16.7. The Labute approximate surface area is 102 Å². The molecule has 0 saturated carbocycles. The van der Waals surface area contributed by atoms with E-state index in [9.17, 15) is 18.3 Å². The van der Waals surface area contributed by atoms with Crippen LogP contribution in [0, 0.1) is 0 Å². The van der Waals surface area contributed by atoms with Gasteiger partial charge in [-0.05, 0) is 6.42 Å². The van der Waals surface area contributed by atoms with Crippen molar-refractivity contribution in [3.8, 4) is 0 Å². The van der Waals surface area contributed by atoms with Gasteiger partial charge in [-0.25, -0.2) is 4.98 Å². The summed E-state index contributed by atoms with van der Waals surface area (Å²) in [5.41, 5.74) is -3.32. The number of aryl methyl sites for hydroxylation is 1. The molecule has 18 heavy (non-hydrogen) atoms. The lowest BCUT2D eigenvalue weighted by atomic mass is 9.93. The summed E-state index contributed by atoms with van der Waals surface area (Å²) < 4.78 is 40.2. The van der Waals surface area contributed by atoms with Crippen LogP contribution in [-0.4, -0.2) is 31.8 Å². The van der Waals surface area contributed by atoms with Crippen molar-refractivity contribution in [1.82, 2.24) is 9.55 Å². The highest BCUT2D eigenvalue weighted by Crippen LogP contribution is 2.41. The average Bonchev–Trinajstić information content (AvgIpc) is 2.71. The van der Waals surface area contributed by atoms with E-state index in [4.69, 9.17) is 5.21 Å². The zero-order valence-corrected chi connectivity index (χ0v) is 9.94. The molecular weight excluding hydrogens is 251 g/mol. The topological polar surface area (TPSA) is 70.6 Å². The predicted molar refractivity (Wildman–Crippen MR) is 57.3 cm³/mol. The van der Waals surface area contributed by atoms with Crippen LogP contribution < -0.4 is 0 Å². The molecule has 1 rings (SSSR count). The van der Waals surface area contributed by atoms with Crippen LogP contribution in [-0.2, 0) is 12.6 Å². The number of nitrogens with zero attached hydrogens (tertiary/aromatic N) is 3. The molecule has 0 saturated heterocycles. The van der Waals surface area contributed by atoms with Gasteiger partial charge < -0.3 is 14.9 Å². The molecule has 0 aliphatic carbocycles. The van der Waals surface area contributed by atoms with Crippen molar-refractivity contribution in [2.45, 2.75) is 31.5 Å². The van der Waals surface area contributed by atoms with Crippen LogP contribution in [0.4, 0.5) is 13.2 Å². The third-order valence-corrected chi connectivity index (χ3v) is 2.67. The van der Waals surface area contributed by atoms with E-state index in [1.165, 1.54) is 20.2 Å². The maximum atomic E-state index is 13.0. The number of aromatic nitrogens is 2. The number of halogens is 3. The summed E-state index contributed by atoms with van der Waals surface area (Å²) in [6.07, 6.45) is -3.22. The van der Waals surface area contributed by atoms with Crippen LogP contribution in [0.5, 0.6) is 0 Å². The zero-order chi connectivity index (χ0) is 14.0. The molecular formula is C10H14F3N3O2. The first-order chi connectivity index (χ1) is 8.26. The number of aliphatic hydroxyl groups is 1. The van der Waals surface area contributed by atoms with Gasteiger partial charge in [0.1, 0.15) is 5.82 Å². The van der Waals surface area contributed by atoms with Gasteiger partial charge in [-0.15, -0.1) is 0 Å². The minimum Gasteiger partial charge on any atom is -0.411 e. The minimum absolute atomic E-state index is 0.0965. The van der Waals surface area contributed by atoms with Crippen LogP contribution >= 0.6 is 0 Å². The predicted octanol–water partition coefficient (Wildman–Crippen LogP) is 1.80. The number of alkyl halides is 3. The second kappa shape index (κ2) is 4.97. The van der Waals surface area contributed by atoms with E-state index in [0.29, 0.717) is 0 Å². The van der Waals surface area contributed by atoms with Crippen molar-refractivity contribution < 1.29 is 23.5 Å². The molecule has 8 heteroatoms. The lowest BCUT2D eigenvalue weighted by Crippen LogP contribution is -2.46. The van der Waals surface area contributed by atoms with Gasteiger partial charge in [-0.2, -0.15) is 13.2 Å². The molecule has 0 radical (unpaired) electrons. The van der Waals surface area contributed by atoms with Crippen molar-refractivity contribution in [2.75, 3.05) is 0 Å². The highest BCUT2D eigenvalue weighted by atomic mass is 19.4. The Morgan fingerprint density at radius 3 is 2.44 bits per heavy atom. The summed E-state index contributed by atoms with van der Waals surface area (Å²) >= 11 is 0. The molecule has 0 aliphatic heterocycles. The van der Waals surface area contributed by atoms with E-state index < -0.39 is 24.0 Å². The van der Waals surface area contributed by atoms with Gasteiger partial charge in [-0.1, -0.05) is 12.1 Å². The van der Waals surface area contributed by atoms with Gasteiger partial charge >= 0.3 is 6.18 Å². The fourth-order valence-electron chi connectivity index (χ4n) is 1.60. The van der Waals surface area contributed by atoms with Crippen molar-refractivity contribution >= 4 is 5.71 Å². The van der Waals surface area contributed by atoms with Crippen LogP contribution in [0.3, 0.4) is 0 Å². The van der Waals surface area contributed by atoms with Crippen LogP contribution in [0.15, 0.2) is 17.5 Å². The van der Waals surface area contributed by atoms with E-state index in [-0.39, 0.29) is 12.1 Å². The maximum Gasteiger partial charge on any atom is 0.424 e. The molecule has 5 nitrogen and oxygen atoms in total. The monoisotopic (exact) mass is 265 g/mol. The highest BCUT2D eigenvalue weighted by molar-refractivity contribution is 5.84. The smallest absolute Gasteiger partial charge is 0.411 e. The number of rotatable bonds is 4. The SMILES string of the molecule is CC/C(CC(O)(c1nccn1C)C(F)(F)F)=N\O. The fourth-order valence-corrected chi connectivity index (χ4v) is 1.60. The molecule has 2 N–H and O–H groups in total. The molecule has 0 aromatic carbocycles. The summed E-state index contributed by atoms with van der Waals surface area (Å²) in [6.45, 7) is 1.53. The van der Waals surface area contributed by atoms with Gasteiger partial charge in [-0.3, -0.25) is 0 Å². The van der Waals surface area contributed by atoms with E-state index >= 15 is 0 Å². The molecule has 0 amide bonds.